The van der Waals surface area contributed by atoms with Gasteiger partial charge in [0.1, 0.15) is 0 Å². The Labute approximate surface area is 182 Å². The van der Waals surface area contributed by atoms with Crippen molar-refractivity contribution in [1.82, 2.24) is 9.80 Å². The maximum Gasteiger partial charge on any atom is 0.395 e. The van der Waals surface area contributed by atoms with Gasteiger partial charge < -0.3 is 0 Å². The lowest BCUT2D eigenvalue weighted by molar-refractivity contribution is -0.262. The minimum atomic E-state index is -4.66. The second kappa shape index (κ2) is 6.30. The molecule has 2 heterocycles. The van der Waals surface area contributed by atoms with Crippen LogP contribution in [0.4, 0.5) is 13.2 Å². The highest BCUT2D eigenvalue weighted by Crippen LogP contribution is 2.63. The minimum absolute atomic E-state index is 0.0108. The lowest BCUT2D eigenvalue weighted by Crippen LogP contribution is -2.55. The summed E-state index contributed by atoms with van der Waals surface area (Å²) in [6, 6.07) is 0. The molecule has 0 spiro atoms. The van der Waals surface area contributed by atoms with Gasteiger partial charge in [-0.25, -0.2) is 0 Å². The van der Waals surface area contributed by atoms with Gasteiger partial charge >= 0.3 is 6.18 Å². The molecular formula is C23H21F3N2O4. The van der Waals surface area contributed by atoms with Crippen LogP contribution in [0.2, 0.25) is 0 Å². The summed E-state index contributed by atoms with van der Waals surface area (Å²) < 4.78 is 44.1. The molecule has 32 heavy (non-hydrogen) atoms. The average Bonchev–Trinajstić information content (AvgIpc) is 3.09. The van der Waals surface area contributed by atoms with E-state index in [9.17, 15) is 32.3 Å². The first-order valence-corrected chi connectivity index (χ1v) is 10.5. The van der Waals surface area contributed by atoms with Crippen LogP contribution >= 0.6 is 0 Å². The van der Waals surface area contributed by atoms with E-state index < -0.39 is 58.9 Å². The van der Waals surface area contributed by atoms with Gasteiger partial charge in [-0.3, -0.25) is 29.0 Å². The average molecular weight is 446 g/mol. The number of carbonyl (C=O) groups is 4. The van der Waals surface area contributed by atoms with Crippen LogP contribution in [-0.4, -0.2) is 53.2 Å². The van der Waals surface area contributed by atoms with Gasteiger partial charge in [0.25, 0.3) is 23.6 Å². The predicted octanol–water partition coefficient (Wildman–Crippen LogP) is 2.54. The number of likely N-dealkylation sites (N-methyl/N-ethyl adjacent to an activating group) is 2. The molecule has 0 bridgehead atoms. The predicted molar refractivity (Wildman–Crippen MR) is 105 cm³/mol. The molecule has 2 saturated heterocycles. The van der Waals surface area contributed by atoms with Crippen molar-refractivity contribution in [3.05, 3.63) is 46.6 Å². The first-order chi connectivity index (χ1) is 14.9. The van der Waals surface area contributed by atoms with Crippen LogP contribution in [-0.2, 0) is 19.2 Å². The maximum absolute atomic E-state index is 14.7. The number of rotatable bonds is 1. The molecular weight excluding hydrogens is 425 g/mol. The Kier molecular flexibility index (Phi) is 4.11. The van der Waals surface area contributed by atoms with Crippen molar-refractivity contribution in [3.63, 3.8) is 0 Å². The number of hydrogen-bond donors (Lipinski definition) is 0. The van der Waals surface area contributed by atoms with E-state index in [1.165, 1.54) is 31.4 Å². The van der Waals surface area contributed by atoms with E-state index in [4.69, 9.17) is 0 Å². The smallest absolute Gasteiger partial charge is 0.277 e. The van der Waals surface area contributed by atoms with E-state index >= 15 is 0 Å². The Morgan fingerprint density at radius 1 is 0.844 bits per heavy atom. The van der Waals surface area contributed by atoms with E-state index in [1.807, 2.05) is 0 Å². The molecule has 5 aliphatic rings. The van der Waals surface area contributed by atoms with E-state index in [1.54, 1.807) is 6.92 Å². The molecule has 0 aromatic heterocycles. The number of amides is 4. The van der Waals surface area contributed by atoms with Crippen LogP contribution < -0.4 is 0 Å². The Hall–Kier alpha value is -2.97. The fourth-order valence-electron chi connectivity index (χ4n) is 6.05. The Balaban J connectivity index is 1.67. The van der Waals surface area contributed by atoms with E-state index in [0.717, 1.165) is 16.7 Å². The number of likely N-dealkylation sites (tertiary alicyclic amines) is 2. The van der Waals surface area contributed by atoms with Crippen molar-refractivity contribution in [2.75, 3.05) is 13.6 Å². The first-order valence-electron chi connectivity index (χ1n) is 10.5. The zero-order chi connectivity index (χ0) is 23.3. The highest BCUT2D eigenvalue weighted by molar-refractivity contribution is 6.25. The normalized spacial score (nSPS) is 36.2. The number of halogens is 3. The second-order valence-electron chi connectivity index (χ2n) is 9.24. The van der Waals surface area contributed by atoms with Gasteiger partial charge in [-0.05, 0) is 43.9 Å². The van der Waals surface area contributed by atoms with E-state index in [-0.39, 0.29) is 35.3 Å². The molecule has 2 aliphatic heterocycles. The maximum atomic E-state index is 14.7. The summed E-state index contributed by atoms with van der Waals surface area (Å²) in [6.45, 7) is 2.90. The van der Waals surface area contributed by atoms with E-state index in [0.29, 0.717) is 0 Å². The third-order valence-corrected chi connectivity index (χ3v) is 7.83. The lowest BCUT2D eigenvalue weighted by Gasteiger charge is -2.54. The summed E-state index contributed by atoms with van der Waals surface area (Å²) in [6.07, 6.45) is 1.28. The van der Waals surface area contributed by atoms with Gasteiger partial charge in [0, 0.05) is 35.9 Å². The molecule has 0 aromatic rings. The number of allylic oxidation sites excluding steroid dienone is 4. The van der Waals surface area contributed by atoms with E-state index in [2.05, 4.69) is 0 Å². The quantitative estimate of drug-likeness (QED) is 0.581. The summed E-state index contributed by atoms with van der Waals surface area (Å²) in [5.74, 6) is -5.60. The van der Waals surface area contributed by atoms with Crippen molar-refractivity contribution in [1.29, 1.82) is 0 Å². The topological polar surface area (TPSA) is 74.8 Å². The van der Waals surface area contributed by atoms with Crippen LogP contribution in [0.3, 0.4) is 0 Å². The molecule has 5 atom stereocenters. The molecule has 168 valence electrons. The molecule has 0 N–H and O–H groups in total. The number of hydrogen-bond acceptors (Lipinski definition) is 4. The highest BCUT2D eigenvalue weighted by atomic mass is 19.4. The SMILES string of the molecule is CCN1C(=O)C2=CC3CC4C=C5C(=O)N(C)C(=O)C5=CC4C(C)(C(F)(F)F)C3C=C2C1=O. The summed E-state index contributed by atoms with van der Waals surface area (Å²) in [7, 11) is 1.31. The minimum Gasteiger partial charge on any atom is -0.277 e. The zero-order valence-electron chi connectivity index (χ0n) is 17.7. The molecule has 4 amide bonds. The van der Waals surface area contributed by atoms with Gasteiger partial charge in [0.15, 0.2) is 0 Å². The number of imide groups is 2. The van der Waals surface area contributed by atoms with Gasteiger partial charge in [-0.15, -0.1) is 0 Å². The van der Waals surface area contributed by atoms with Crippen molar-refractivity contribution >= 4 is 23.6 Å². The molecule has 9 heteroatoms. The van der Waals surface area contributed by atoms with Gasteiger partial charge in [0.2, 0.25) is 0 Å². The molecule has 6 nitrogen and oxygen atoms in total. The largest absolute Gasteiger partial charge is 0.395 e. The molecule has 3 aliphatic carbocycles. The van der Waals surface area contributed by atoms with Crippen LogP contribution in [0.1, 0.15) is 20.3 Å². The third-order valence-electron chi connectivity index (χ3n) is 7.83. The molecule has 0 aromatic carbocycles. The fraction of sp³-hybridized carbons (Fsp3) is 0.478. The summed E-state index contributed by atoms with van der Waals surface area (Å²) >= 11 is 0. The van der Waals surface area contributed by atoms with Crippen LogP contribution in [0.15, 0.2) is 46.6 Å². The summed E-state index contributed by atoms with van der Waals surface area (Å²) in [5.41, 5.74) is -1.95. The van der Waals surface area contributed by atoms with Crippen LogP contribution in [0.25, 0.3) is 0 Å². The Morgan fingerprint density at radius 2 is 1.25 bits per heavy atom. The first kappa shape index (κ1) is 20.9. The number of nitrogens with zero attached hydrogens (tertiary/aromatic N) is 2. The second-order valence-corrected chi connectivity index (χ2v) is 9.24. The molecule has 3 fully saturated rings. The molecule has 5 unspecified atom stereocenters. The monoisotopic (exact) mass is 446 g/mol. The molecule has 0 radical (unpaired) electrons. The van der Waals surface area contributed by atoms with Crippen LogP contribution in [0, 0.1) is 29.1 Å². The highest BCUT2D eigenvalue weighted by Gasteiger charge is 2.66. The van der Waals surface area contributed by atoms with Crippen molar-refractivity contribution in [2.24, 2.45) is 29.1 Å². The summed E-state index contributed by atoms with van der Waals surface area (Å²) in [5, 5.41) is 0. The number of fused-ring (bicyclic) bond motifs is 4. The van der Waals surface area contributed by atoms with Crippen molar-refractivity contribution < 1.29 is 32.3 Å². The fourth-order valence-corrected chi connectivity index (χ4v) is 6.05. The van der Waals surface area contributed by atoms with Crippen molar-refractivity contribution in [2.45, 2.75) is 26.4 Å². The summed E-state index contributed by atoms with van der Waals surface area (Å²) in [4.78, 5) is 52.1. The third kappa shape index (κ3) is 2.36. The van der Waals surface area contributed by atoms with Gasteiger partial charge in [-0.2, -0.15) is 13.2 Å². The van der Waals surface area contributed by atoms with Crippen LogP contribution in [0.5, 0.6) is 0 Å². The Bertz CT molecular complexity index is 1130. The lowest BCUT2D eigenvalue weighted by atomic mass is 9.50. The molecule has 5 rings (SSSR count). The molecule has 1 saturated carbocycles. The van der Waals surface area contributed by atoms with Gasteiger partial charge in [-0.1, -0.05) is 24.3 Å². The Morgan fingerprint density at radius 3 is 1.69 bits per heavy atom. The van der Waals surface area contributed by atoms with Gasteiger partial charge in [0.05, 0.1) is 5.41 Å². The van der Waals surface area contributed by atoms with Crippen molar-refractivity contribution in [3.8, 4) is 0 Å². The number of alkyl halides is 3. The number of carbonyl (C=O) groups excluding carboxylic acids is 4. The standard InChI is InChI=1S/C23H21F3N2O4/c1-4-28-20(31)13-7-11-5-10-6-12-14(19(30)27(3)18(12)29)8-16(10)22(2,23(24,25)26)17(11)9-15(13)21(28)32/h6-11,16-17H,4-5H2,1-3H3. The zero-order valence-corrected chi connectivity index (χ0v) is 17.7.